The third kappa shape index (κ3) is 2.32. The summed E-state index contributed by atoms with van der Waals surface area (Å²) in [4.78, 5) is 14.1. The van der Waals surface area contributed by atoms with Crippen molar-refractivity contribution >= 4 is 5.91 Å². The van der Waals surface area contributed by atoms with Crippen LogP contribution < -0.4 is 5.32 Å². The number of piperidine rings is 1. The van der Waals surface area contributed by atoms with Crippen molar-refractivity contribution in [2.24, 2.45) is 5.92 Å². The molecule has 2 rings (SSSR count). The number of nitrogens with one attached hydrogen (secondary N) is 1. The Morgan fingerprint density at radius 1 is 1.47 bits per heavy atom. The molecule has 0 bridgehead atoms. The molecule has 2 saturated heterocycles. The largest absolute Gasteiger partial charge is 0.383 e. The summed E-state index contributed by atoms with van der Waals surface area (Å²) in [5, 5.41) is 3.15. The normalized spacial score (nSPS) is 27.5. The smallest absolute Gasteiger partial charge is 0.228 e. The number of ether oxygens (including phenoxy) is 1. The Morgan fingerprint density at radius 2 is 2.27 bits per heavy atom. The number of rotatable bonds is 3. The van der Waals surface area contributed by atoms with Crippen molar-refractivity contribution in [2.75, 3.05) is 33.4 Å². The molecular formula is C11H20N2O2. The molecular weight excluding hydrogens is 192 g/mol. The van der Waals surface area contributed by atoms with Gasteiger partial charge in [0.05, 0.1) is 18.6 Å². The van der Waals surface area contributed by atoms with Gasteiger partial charge in [-0.3, -0.25) is 4.79 Å². The molecule has 15 heavy (non-hydrogen) atoms. The van der Waals surface area contributed by atoms with Crippen molar-refractivity contribution in [3.63, 3.8) is 0 Å². The Kier molecular flexibility index (Phi) is 3.59. The maximum atomic E-state index is 12.1. The van der Waals surface area contributed by atoms with Gasteiger partial charge in [0, 0.05) is 26.7 Å². The van der Waals surface area contributed by atoms with Crippen molar-refractivity contribution < 1.29 is 9.53 Å². The molecule has 2 aliphatic rings. The summed E-state index contributed by atoms with van der Waals surface area (Å²) < 4.78 is 5.18. The third-order valence-corrected chi connectivity index (χ3v) is 3.40. The monoisotopic (exact) mass is 212 g/mol. The second-order valence-electron chi connectivity index (χ2n) is 4.49. The van der Waals surface area contributed by atoms with Crippen LogP contribution in [0.5, 0.6) is 0 Å². The number of hydrogen-bond donors (Lipinski definition) is 1. The number of carbonyl (C=O) groups is 1. The Hall–Kier alpha value is -0.610. The summed E-state index contributed by atoms with van der Waals surface area (Å²) in [6, 6.07) is 0.317. The predicted octanol–water partition coefficient (Wildman–Crippen LogP) is 0.233. The average Bonchev–Trinajstić information content (AvgIpc) is 2.16. The Labute approximate surface area is 91.0 Å². The summed E-state index contributed by atoms with van der Waals surface area (Å²) in [5.41, 5.74) is 0. The van der Waals surface area contributed by atoms with E-state index < -0.39 is 0 Å². The van der Waals surface area contributed by atoms with E-state index in [0.29, 0.717) is 18.6 Å². The summed E-state index contributed by atoms with van der Waals surface area (Å²) in [7, 11) is 1.71. The number of methoxy groups -OCH3 is 1. The molecule has 1 atom stereocenters. The molecule has 0 aromatic rings. The molecule has 0 aromatic carbocycles. The molecule has 2 fully saturated rings. The summed E-state index contributed by atoms with van der Waals surface area (Å²) in [6.45, 7) is 3.32. The maximum absolute atomic E-state index is 12.1. The standard InChI is InChI=1S/C11H20N2O2/c1-15-8-10-4-2-3-5-13(10)11(14)9-6-12-7-9/h9-10,12H,2-8H2,1H3/t10-/m1/s1. The number of amides is 1. The number of likely N-dealkylation sites (tertiary alicyclic amines) is 1. The molecule has 4 heteroatoms. The lowest BCUT2D eigenvalue weighted by Gasteiger charge is -2.39. The number of nitrogens with zero attached hydrogens (tertiary/aromatic N) is 1. The molecule has 0 radical (unpaired) electrons. The zero-order chi connectivity index (χ0) is 10.7. The van der Waals surface area contributed by atoms with Crippen LogP contribution in [0.2, 0.25) is 0 Å². The van der Waals surface area contributed by atoms with Crippen LogP contribution in [0.25, 0.3) is 0 Å². The average molecular weight is 212 g/mol. The minimum Gasteiger partial charge on any atom is -0.383 e. The van der Waals surface area contributed by atoms with Crippen molar-refractivity contribution in [2.45, 2.75) is 25.3 Å². The summed E-state index contributed by atoms with van der Waals surface area (Å²) in [6.07, 6.45) is 3.46. The molecule has 2 aliphatic heterocycles. The van der Waals surface area contributed by atoms with Gasteiger partial charge in [-0.15, -0.1) is 0 Å². The van der Waals surface area contributed by atoms with Gasteiger partial charge < -0.3 is 15.0 Å². The summed E-state index contributed by atoms with van der Waals surface area (Å²) >= 11 is 0. The van der Waals surface area contributed by atoms with Crippen LogP contribution >= 0.6 is 0 Å². The van der Waals surface area contributed by atoms with E-state index in [1.807, 2.05) is 4.90 Å². The highest BCUT2D eigenvalue weighted by atomic mass is 16.5. The lowest BCUT2D eigenvalue weighted by atomic mass is 9.96. The van der Waals surface area contributed by atoms with E-state index in [1.54, 1.807) is 7.11 Å². The van der Waals surface area contributed by atoms with Crippen molar-refractivity contribution in [3.8, 4) is 0 Å². The van der Waals surface area contributed by atoms with Gasteiger partial charge in [0.1, 0.15) is 0 Å². The van der Waals surface area contributed by atoms with E-state index >= 15 is 0 Å². The van der Waals surface area contributed by atoms with E-state index in [4.69, 9.17) is 4.74 Å². The molecule has 0 unspecified atom stereocenters. The van der Waals surface area contributed by atoms with E-state index in [9.17, 15) is 4.79 Å². The highest BCUT2D eigenvalue weighted by Gasteiger charge is 2.34. The topological polar surface area (TPSA) is 41.6 Å². The van der Waals surface area contributed by atoms with Gasteiger partial charge in [-0.05, 0) is 19.3 Å². The zero-order valence-corrected chi connectivity index (χ0v) is 9.37. The first kappa shape index (κ1) is 10.9. The number of hydrogen-bond acceptors (Lipinski definition) is 3. The van der Waals surface area contributed by atoms with Gasteiger partial charge in [-0.1, -0.05) is 0 Å². The molecule has 0 saturated carbocycles. The van der Waals surface area contributed by atoms with E-state index in [2.05, 4.69) is 5.32 Å². The third-order valence-electron chi connectivity index (χ3n) is 3.40. The van der Waals surface area contributed by atoms with E-state index in [-0.39, 0.29) is 5.92 Å². The molecule has 1 N–H and O–H groups in total. The van der Waals surface area contributed by atoms with Crippen LogP contribution in [0.15, 0.2) is 0 Å². The lowest BCUT2D eigenvalue weighted by molar-refractivity contribution is -0.142. The second-order valence-corrected chi connectivity index (χ2v) is 4.49. The highest BCUT2D eigenvalue weighted by molar-refractivity contribution is 5.80. The van der Waals surface area contributed by atoms with Crippen LogP contribution in [-0.2, 0) is 9.53 Å². The van der Waals surface area contributed by atoms with Gasteiger partial charge in [0.2, 0.25) is 5.91 Å². The van der Waals surface area contributed by atoms with Gasteiger partial charge in [-0.25, -0.2) is 0 Å². The first-order chi connectivity index (χ1) is 7.33. The van der Waals surface area contributed by atoms with Crippen LogP contribution in [0.1, 0.15) is 19.3 Å². The van der Waals surface area contributed by atoms with E-state index in [0.717, 1.165) is 32.5 Å². The fourth-order valence-corrected chi connectivity index (χ4v) is 2.35. The Bertz CT molecular complexity index is 227. The molecule has 1 amide bonds. The molecule has 0 aromatic heterocycles. The Morgan fingerprint density at radius 3 is 2.87 bits per heavy atom. The van der Waals surface area contributed by atoms with Crippen molar-refractivity contribution in [3.05, 3.63) is 0 Å². The second kappa shape index (κ2) is 4.94. The van der Waals surface area contributed by atoms with Gasteiger partial charge >= 0.3 is 0 Å². The molecule has 0 aliphatic carbocycles. The van der Waals surface area contributed by atoms with Crippen molar-refractivity contribution in [1.29, 1.82) is 0 Å². The quantitative estimate of drug-likeness (QED) is 0.728. The minimum absolute atomic E-state index is 0.224. The molecule has 0 spiro atoms. The van der Waals surface area contributed by atoms with Gasteiger partial charge in [0.25, 0.3) is 0 Å². The SMILES string of the molecule is COC[C@H]1CCCCN1C(=O)C1CNC1. The fraction of sp³-hybridized carbons (Fsp3) is 0.909. The molecule has 4 nitrogen and oxygen atoms in total. The Balaban J connectivity index is 1.93. The summed E-state index contributed by atoms with van der Waals surface area (Å²) in [5.74, 6) is 0.554. The van der Waals surface area contributed by atoms with Gasteiger partial charge in [-0.2, -0.15) is 0 Å². The zero-order valence-electron chi connectivity index (χ0n) is 9.37. The number of carbonyl (C=O) groups excluding carboxylic acids is 1. The molecule has 86 valence electrons. The predicted molar refractivity (Wildman–Crippen MR) is 57.6 cm³/mol. The van der Waals surface area contributed by atoms with Crippen LogP contribution in [0, 0.1) is 5.92 Å². The fourth-order valence-electron chi connectivity index (χ4n) is 2.35. The maximum Gasteiger partial charge on any atom is 0.228 e. The van der Waals surface area contributed by atoms with Crippen LogP contribution in [-0.4, -0.2) is 50.2 Å². The highest BCUT2D eigenvalue weighted by Crippen LogP contribution is 2.20. The minimum atomic E-state index is 0.224. The first-order valence-electron chi connectivity index (χ1n) is 5.83. The van der Waals surface area contributed by atoms with E-state index in [1.165, 1.54) is 6.42 Å². The lowest BCUT2D eigenvalue weighted by Crippen LogP contribution is -2.56. The molecule has 2 heterocycles. The van der Waals surface area contributed by atoms with Crippen LogP contribution in [0.3, 0.4) is 0 Å². The van der Waals surface area contributed by atoms with Gasteiger partial charge in [0.15, 0.2) is 0 Å². The van der Waals surface area contributed by atoms with Crippen LogP contribution in [0.4, 0.5) is 0 Å². The van der Waals surface area contributed by atoms with Crippen molar-refractivity contribution in [1.82, 2.24) is 10.2 Å². The first-order valence-corrected chi connectivity index (χ1v) is 5.83.